The largest absolute Gasteiger partial charge is 0.495 e. The van der Waals surface area contributed by atoms with Crippen LogP contribution in [0.25, 0.3) is 0 Å². The fourth-order valence-electron chi connectivity index (χ4n) is 2.62. The van der Waals surface area contributed by atoms with Crippen LogP contribution in [0, 0.1) is 0 Å². The Balaban J connectivity index is 2.60. The molecule has 0 aliphatic carbocycles. The van der Waals surface area contributed by atoms with Gasteiger partial charge in [-0.1, -0.05) is 11.6 Å². The van der Waals surface area contributed by atoms with Gasteiger partial charge in [-0.25, -0.2) is 8.42 Å². The maximum absolute atomic E-state index is 13.1. The number of sulfonamides is 1. The number of carbonyl (C=O) groups excluding carboxylic acids is 1. The van der Waals surface area contributed by atoms with Crippen LogP contribution in [0.1, 0.15) is 17.3 Å². The van der Waals surface area contributed by atoms with Gasteiger partial charge in [0.1, 0.15) is 5.75 Å². The molecule has 10 heteroatoms. The van der Waals surface area contributed by atoms with Gasteiger partial charge in [0.2, 0.25) is 10.0 Å². The van der Waals surface area contributed by atoms with Crippen molar-refractivity contribution in [1.82, 2.24) is 0 Å². The van der Waals surface area contributed by atoms with Crippen molar-refractivity contribution in [3.63, 3.8) is 0 Å². The van der Waals surface area contributed by atoms with Crippen LogP contribution >= 0.6 is 11.6 Å². The van der Waals surface area contributed by atoms with Crippen LogP contribution in [0.5, 0.6) is 17.2 Å². The van der Waals surface area contributed by atoms with E-state index < -0.39 is 15.9 Å². The van der Waals surface area contributed by atoms with E-state index >= 15 is 0 Å². The smallest absolute Gasteiger partial charge is 0.258 e. The number of ether oxygens (including phenoxy) is 3. The van der Waals surface area contributed by atoms with E-state index in [0.717, 1.165) is 4.31 Å². The number of anilines is 2. The van der Waals surface area contributed by atoms with Crippen LogP contribution < -0.4 is 23.8 Å². The standard InChI is InChI=1S/C19H23ClN2O6S/c1-6-29(24,25)22(2)15-11-18(28-5)17(27-4)10-13(15)19(23)21-14-9-12(20)7-8-16(14)26-3/h7-11H,6H2,1-5H3,(H,21,23). The molecule has 0 radical (unpaired) electrons. The molecule has 8 nitrogen and oxygen atoms in total. The number of hydrogen-bond donors (Lipinski definition) is 1. The van der Waals surface area contributed by atoms with Crippen molar-refractivity contribution in [3.8, 4) is 17.2 Å². The van der Waals surface area contributed by atoms with Crippen LogP contribution in [-0.2, 0) is 10.0 Å². The Morgan fingerprint density at radius 3 is 2.17 bits per heavy atom. The highest BCUT2D eigenvalue weighted by atomic mass is 35.5. The first-order valence-electron chi connectivity index (χ1n) is 8.56. The van der Waals surface area contributed by atoms with Crippen LogP contribution in [0.4, 0.5) is 11.4 Å². The van der Waals surface area contributed by atoms with E-state index in [9.17, 15) is 13.2 Å². The highest BCUT2D eigenvalue weighted by molar-refractivity contribution is 7.92. The molecule has 29 heavy (non-hydrogen) atoms. The molecule has 0 bridgehead atoms. The fraction of sp³-hybridized carbons (Fsp3) is 0.316. The summed E-state index contributed by atoms with van der Waals surface area (Å²) in [5.41, 5.74) is 0.555. The van der Waals surface area contributed by atoms with Gasteiger partial charge < -0.3 is 19.5 Å². The SMILES string of the molecule is CCS(=O)(=O)N(C)c1cc(OC)c(OC)cc1C(=O)Nc1cc(Cl)ccc1OC. The Hall–Kier alpha value is -2.65. The zero-order valence-corrected chi connectivity index (χ0v) is 18.3. The molecule has 0 saturated carbocycles. The van der Waals surface area contributed by atoms with Gasteiger partial charge in [0.15, 0.2) is 11.5 Å². The molecule has 1 N–H and O–H groups in total. The summed E-state index contributed by atoms with van der Waals surface area (Å²) in [5, 5.41) is 3.11. The number of carbonyl (C=O) groups is 1. The lowest BCUT2D eigenvalue weighted by Crippen LogP contribution is -2.30. The Labute approximate surface area is 175 Å². The predicted octanol–water partition coefficient (Wildman–Crippen LogP) is 3.40. The molecule has 0 aliphatic rings. The van der Waals surface area contributed by atoms with Crippen LogP contribution in [0.2, 0.25) is 5.02 Å². The van der Waals surface area contributed by atoms with E-state index in [1.807, 2.05) is 0 Å². The molecule has 0 spiro atoms. The van der Waals surface area contributed by atoms with E-state index in [4.69, 9.17) is 25.8 Å². The predicted molar refractivity (Wildman–Crippen MR) is 113 cm³/mol. The zero-order chi connectivity index (χ0) is 21.8. The minimum absolute atomic E-state index is 0.0733. The minimum atomic E-state index is -3.63. The van der Waals surface area contributed by atoms with Crippen molar-refractivity contribution in [2.45, 2.75) is 6.92 Å². The second-order valence-corrected chi connectivity index (χ2v) is 8.62. The van der Waals surface area contributed by atoms with Gasteiger partial charge in [-0.05, 0) is 31.2 Å². The van der Waals surface area contributed by atoms with Gasteiger partial charge in [-0.3, -0.25) is 9.10 Å². The first-order chi connectivity index (χ1) is 13.7. The summed E-state index contributed by atoms with van der Waals surface area (Å²) in [7, 11) is 2.04. The number of rotatable bonds is 8. The number of hydrogen-bond acceptors (Lipinski definition) is 6. The number of benzene rings is 2. The lowest BCUT2D eigenvalue weighted by Gasteiger charge is -2.23. The molecule has 0 unspecified atom stereocenters. The van der Waals surface area contributed by atoms with Crippen LogP contribution in [0.15, 0.2) is 30.3 Å². The first kappa shape index (κ1) is 22.6. The second-order valence-electron chi connectivity index (χ2n) is 5.89. The first-order valence-corrected chi connectivity index (χ1v) is 10.5. The van der Waals surface area contributed by atoms with Crippen LogP contribution in [0.3, 0.4) is 0 Å². The summed E-state index contributed by atoms with van der Waals surface area (Å²) in [6.45, 7) is 1.52. The van der Waals surface area contributed by atoms with Crippen LogP contribution in [-0.4, -0.2) is 48.5 Å². The Bertz CT molecular complexity index is 1010. The molecular weight excluding hydrogens is 420 g/mol. The zero-order valence-electron chi connectivity index (χ0n) is 16.8. The normalized spacial score (nSPS) is 11.0. The highest BCUT2D eigenvalue weighted by Crippen LogP contribution is 2.37. The van der Waals surface area contributed by atoms with Crippen molar-refractivity contribution >= 4 is 38.9 Å². The topological polar surface area (TPSA) is 94.2 Å². The molecule has 0 saturated heterocycles. The molecule has 0 fully saturated rings. The van der Waals surface area contributed by atoms with Gasteiger partial charge in [0.25, 0.3) is 5.91 Å². The quantitative estimate of drug-likeness (QED) is 0.673. The van der Waals surface area contributed by atoms with Crippen molar-refractivity contribution in [1.29, 1.82) is 0 Å². The third-order valence-corrected chi connectivity index (χ3v) is 6.27. The third kappa shape index (κ3) is 4.86. The molecule has 2 aromatic rings. The number of amides is 1. The van der Waals surface area contributed by atoms with Gasteiger partial charge in [-0.2, -0.15) is 0 Å². The molecule has 0 aromatic heterocycles. The third-order valence-electron chi connectivity index (χ3n) is 4.28. The van der Waals surface area contributed by atoms with E-state index in [-0.39, 0.29) is 28.5 Å². The van der Waals surface area contributed by atoms with Crippen molar-refractivity contribution in [3.05, 3.63) is 40.9 Å². The molecule has 0 aliphatic heterocycles. The molecule has 0 atom stereocenters. The molecule has 0 heterocycles. The highest BCUT2D eigenvalue weighted by Gasteiger charge is 2.25. The maximum Gasteiger partial charge on any atom is 0.258 e. The lowest BCUT2D eigenvalue weighted by molar-refractivity contribution is 0.102. The second kappa shape index (κ2) is 9.23. The van der Waals surface area contributed by atoms with Gasteiger partial charge in [-0.15, -0.1) is 0 Å². The van der Waals surface area contributed by atoms with Crippen molar-refractivity contribution in [2.75, 3.05) is 43.8 Å². The Morgan fingerprint density at radius 2 is 1.62 bits per heavy atom. The molecule has 1 amide bonds. The van der Waals surface area contributed by atoms with E-state index in [1.54, 1.807) is 12.1 Å². The van der Waals surface area contributed by atoms with E-state index in [1.165, 1.54) is 53.5 Å². The van der Waals surface area contributed by atoms with Gasteiger partial charge in [0.05, 0.1) is 44.0 Å². The summed E-state index contributed by atoms with van der Waals surface area (Å²) in [6.07, 6.45) is 0. The summed E-state index contributed by atoms with van der Waals surface area (Å²) in [5.74, 6) is 0.263. The summed E-state index contributed by atoms with van der Waals surface area (Å²) < 4.78 is 41.6. The average Bonchev–Trinajstić information content (AvgIpc) is 2.72. The van der Waals surface area contributed by atoms with Crippen molar-refractivity contribution < 1.29 is 27.4 Å². The monoisotopic (exact) mass is 442 g/mol. The van der Waals surface area contributed by atoms with E-state index in [0.29, 0.717) is 16.5 Å². The number of halogens is 1. The van der Waals surface area contributed by atoms with E-state index in [2.05, 4.69) is 5.32 Å². The summed E-state index contributed by atoms with van der Waals surface area (Å²) in [6, 6.07) is 7.63. The molecule has 2 aromatic carbocycles. The fourth-order valence-corrected chi connectivity index (χ4v) is 3.63. The lowest BCUT2D eigenvalue weighted by atomic mass is 10.1. The van der Waals surface area contributed by atoms with Gasteiger partial charge in [0, 0.05) is 18.1 Å². The summed E-state index contributed by atoms with van der Waals surface area (Å²) >= 11 is 6.02. The van der Waals surface area contributed by atoms with Crippen molar-refractivity contribution in [2.24, 2.45) is 0 Å². The maximum atomic E-state index is 13.1. The Kier molecular flexibility index (Phi) is 7.21. The minimum Gasteiger partial charge on any atom is -0.495 e. The molecule has 2 rings (SSSR count). The molecular formula is C19H23ClN2O6S. The van der Waals surface area contributed by atoms with Gasteiger partial charge >= 0.3 is 0 Å². The number of methoxy groups -OCH3 is 3. The Morgan fingerprint density at radius 1 is 1.03 bits per heavy atom. The number of nitrogens with one attached hydrogen (secondary N) is 1. The average molecular weight is 443 g/mol. The summed E-state index contributed by atoms with van der Waals surface area (Å²) in [4.78, 5) is 13.1. The molecule has 158 valence electrons. The number of nitrogens with zero attached hydrogens (tertiary/aromatic N) is 1.